The number of barbiturate groups is 1. The van der Waals surface area contributed by atoms with E-state index in [1.807, 2.05) is 74.6 Å². The van der Waals surface area contributed by atoms with Crippen LogP contribution in [0.4, 0.5) is 10.5 Å². The van der Waals surface area contributed by atoms with E-state index in [9.17, 15) is 14.4 Å². The average Bonchev–Trinajstić information content (AvgIpc) is 3.20. The third kappa shape index (κ3) is 5.19. The highest BCUT2D eigenvalue weighted by Gasteiger charge is 2.37. The summed E-state index contributed by atoms with van der Waals surface area (Å²) in [7, 11) is 0. The van der Waals surface area contributed by atoms with Gasteiger partial charge in [0.05, 0.1) is 5.69 Å². The number of aromatic nitrogens is 1. The van der Waals surface area contributed by atoms with Crippen LogP contribution in [0.5, 0.6) is 0 Å². The molecule has 1 N–H and O–H groups in total. The number of amides is 4. The summed E-state index contributed by atoms with van der Waals surface area (Å²) >= 11 is 7.70. The Balaban J connectivity index is 1.46. The number of carbonyl (C=O) groups is 3. The van der Waals surface area contributed by atoms with Crippen molar-refractivity contribution in [3.63, 3.8) is 0 Å². The molecule has 1 aromatic heterocycles. The maximum atomic E-state index is 13.4. The lowest BCUT2D eigenvalue weighted by molar-refractivity contribution is -0.122. The van der Waals surface area contributed by atoms with Gasteiger partial charge in [0.25, 0.3) is 11.8 Å². The number of benzene rings is 3. The van der Waals surface area contributed by atoms with E-state index in [0.717, 1.165) is 49.7 Å². The highest BCUT2D eigenvalue weighted by molar-refractivity contribution is 7.99. The molecule has 3 aromatic carbocycles. The minimum absolute atomic E-state index is 0.0859. The summed E-state index contributed by atoms with van der Waals surface area (Å²) in [5.74, 6) is -0.523. The normalized spacial score (nSPS) is 15.1. The number of hydrogen-bond donors (Lipinski definition) is 1. The van der Waals surface area contributed by atoms with E-state index in [4.69, 9.17) is 11.6 Å². The lowest BCUT2D eigenvalue weighted by Gasteiger charge is -2.26. The van der Waals surface area contributed by atoms with Crippen molar-refractivity contribution in [3.05, 3.63) is 100 Å². The highest BCUT2D eigenvalue weighted by atomic mass is 35.5. The van der Waals surface area contributed by atoms with Crippen LogP contribution in [0.3, 0.4) is 0 Å². The van der Waals surface area contributed by atoms with E-state index >= 15 is 0 Å². The zero-order valence-corrected chi connectivity index (χ0v) is 21.9. The Hall–Kier alpha value is -3.81. The summed E-state index contributed by atoms with van der Waals surface area (Å²) < 4.78 is 2.11. The van der Waals surface area contributed by atoms with Gasteiger partial charge in [-0.05, 0) is 73.5 Å². The van der Waals surface area contributed by atoms with E-state index < -0.39 is 17.8 Å². The van der Waals surface area contributed by atoms with Crippen LogP contribution < -0.4 is 10.2 Å². The van der Waals surface area contributed by atoms with Gasteiger partial charge in [-0.2, -0.15) is 0 Å². The molecule has 5 rings (SSSR count). The first-order valence-corrected chi connectivity index (χ1v) is 13.1. The monoisotopic (exact) mass is 529 g/mol. The van der Waals surface area contributed by atoms with E-state index in [-0.39, 0.29) is 5.57 Å². The number of carbonyl (C=O) groups excluding carboxylic acids is 3. The third-order valence-corrected chi connectivity index (χ3v) is 7.34. The number of rotatable bonds is 6. The largest absolute Gasteiger partial charge is 0.346 e. The molecule has 1 saturated heterocycles. The lowest BCUT2D eigenvalue weighted by Crippen LogP contribution is -2.54. The molecular formula is C29H24ClN3O3S. The standard InChI is InChI=1S/C29H24ClN3O3S/c1-18-13-19(2)15-22(14-18)33-28(35)25(27(34)31-29(33)36)16-20-17-32(26-6-4-3-5-24(20)26)11-12-37-23-9-7-21(30)8-10-23/h3-10,13-17H,11-12H2,1-2H3,(H,31,34,36)/b25-16+. The Kier molecular flexibility index (Phi) is 6.91. The van der Waals surface area contributed by atoms with Gasteiger partial charge in [0, 0.05) is 44.9 Å². The smallest absolute Gasteiger partial charge is 0.335 e. The Morgan fingerprint density at radius 2 is 1.65 bits per heavy atom. The minimum Gasteiger partial charge on any atom is -0.346 e. The molecule has 6 nitrogen and oxygen atoms in total. The van der Waals surface area contributed by atoms with Crippen molar-refractivity contribution in [3.8, 4) is 0 Å². The fraction of sp³-hybridized carbons (Fsp3) is 0.138. The van der Waals surface area contributed by atoms with Crippen LogP contribution in [0.15, 0.2) is 83.4 Å². The summed E-state index contributed by atoms with van der Waals surface area (Å²) in [6.45, 7) is 4.51. The molecular weight excluding hydrogens is 506 g/mol. The second-order valence-electron chi connectivity index (χ2n) is 8.90. The first-order valence-electron chi connectivity index (χ1n) is 11.8. The van der Waals surface area contributed by atoms with Crippen LogP contribution in [-0.2, 0) is 16.1 Å². The molecule has 0 atom stereocenters. The van der Waals surface area contributed by atoms with Crippen molar-refractivity contribution < 1.29 is 14.4 Å². The summed E-state index contributed by atoms with van der Waals surface area (Å²) in [6.07, 6.45) is 3.52. The van der Waals surface area contributed by atoms with Crippen molar-refractivity contribution in [2.75, 3.05) is 10.7 Å². The molecule has 1 aliphatic rings. The Morgan fingerprint density at radius 1 is 0.946 bits per heavy atom. The summed E-state index contributed by atoms with van der Waals surface area (Å²) in [4.78, 5) is 41.0. The number of urea groups is 1. The molecule has 37 heavy (non-hydrogen) atoms. The minimum atomic E-state index is -0.751. The maximum absolute atomic E-state index is 13.4. The van der Waals surface area contributed by atoms with E-state index in [1.54, 1.807) is 30.0 Å². The van der Waals surface area contributed by atoms with Gasteiger partial charge in [0.15, 0.2) is 0 Å². The van der Waals surface area contributed by atoms with Crippen LogP contribution >= 0.6 is 23.4 Å². The van der Waals surface area contributed by atoms with Crippen LogP contribution in [-0.4, -0.2) is 28.2 Å². The molecule has 0 bridgehead atoms. The Morgan fingerprint density at radius 3 is 2.38 bits per heavy atom. The molecule has 0 saturated carbocycles. The molecule has 0 radical (unpaired) electrons. The van der Waals surface area contributed by atoms with Gasteiger partial charge in [-0.25, -0.2) is 9.69 Å². The molecule has 0 aliphatic carbocycles. The fourth-order valence-electron chi connectivity index (χ4n) is 4.50. The molecule has 8 heteroatoms. The topological polar surface area (TPSA) is 71.4 Å². The summed E-state index contributed by atoms with van der Waals surface area (Å²) in [5.41, 5.74) is 3.91. The number of thioether (sulfide) groups is 1. The third-order valence-electron chi connectivity index (χ3n) is 6.10. The number of imide groups is 2. The summed E-state index contributed by atoms with van der Waals surface area (Å²) in [6, 6.07) is 20.3. The van der Waals surface area contributed by atoms with Gasteiger partial charge >= 0.3 is 6.03 Å². The first kappa shape index (κ1) is 24.9. The molecule has 4 amide bonds. The second-order valence-corrected chi connectivity index (χ2v) is 10.5. The van der Waals surface area contributed by atoms with Crippen LogP contribution in [0.1, 0.15) is 16.7 Å². The van der Waals surface area contributed by atoms with Gasteiger partial charge in [-0.3, -0.25) is 14.9 Å². The van der Waals surface area contributed by atoms with E-state index in [1.165, 1.54) is 0 Å². The van der Waals surface area contributed by atoms with Gasteiger partial charge < -0.3 is 4.57 Å². The number of para-hydroxylation sites is 1. The van der Waals surface area contributed by atoms with Crippen LogP contribution in [0.25, 0.3) is 17.0 Å². The maximum Gasteiger partial charge on any atom is 0.335 e. The number of anilines is 1. The fourth-order valence-corrected chi connectivity index (χ4v) is 5.47. The lowest BCUT2D eigenvalue weighted by atomic mass is 10.0. The van der Waals surface area contributed by atoms with Crippen molar-refractivity contribution in [1.82, 2.24) is 9.88 Å². The van der Waals surface area contributed by atoms with Crippen molar-refractivity contribution >= 4 is 63.9 Å². The molecule has 4 aromatic rings. The number of aryl methyl sites for hydroxylation is 3. The molecule has 186 valence electrons. The molecule has 2 heterocycles. The van der Waals surface area contributed by atoms with Crippen molar-refractivity contribution in [2.24, 2.45) is 0 Å². The van der Waals surface area contributed by atoms with E-state index in [0.29, 0.717) is 10.7 Å². The molecule has 1 fully saturated rings. The number of hydrogen-bond acceptors (Lipinski definition) is 4. The Labute approximate surface area is 223 Å². The van der Waals surface area contributed by atoms with E-state index in [2.05, 4.69) is 9.88 Å². The number of nitrogens with one attached hydrogen (secondary N) is 1. The number of nitrogens with zero attached hydrogens (tertiary/aromatic N) is 2. The van der Waals surface area contributed by atoms with Crippen LogP contribution in [0, 0.1) is 13.8 Å². The van der Waals surface area contributed by atoms with Crippen LogP contribution in [0.2, 0.25) is 5.02 Å². The predicted molar refractivity (Wildman–Crippen MR) is 149 cm³/mol. The molecule has 1 aliphatic heterocycles. The SMILES string of the molecule is Cc1cc(C)cc(N2C(=O)NC(=O)/C(=C\c3cn(CCSc4ccc(Cl)cc4)c4ccccc34)C2=O)c1. The Bertz CT molecular complexity index is 1550. The van der Waals surface area contributed by atoms with Gasteiger partial charge in [0.2, 0.25) is 0 Å². The quantitative estimate of drug-likeness (QED) is 0.179. The number of fused-ring (bicyclic) bond motifs is 1. The predicted octanol–water partition coefficient (Wildman–Crippen LogP) is 6.37. The highest BCUT2D eigenvalue weighted by Crippen LogP contribution is 2.28. The molecule has 0 spiro atoms. The zero-order valence-electron chi connectivity index (χ0n) is 20.3. The zero-order chi connectivity index (χ0) is 26.1. The van der Waals surface area contributed by atoms with Gasteiger partial charge in [0.1, 0.15) is 5.57 Å². The average molecular weight is 530 g/mol. The summed E-state index contributed by atoms with van der Waals surface area (Å²) in [5, 5.41) is 3.94. The molecule has 0 unspecified atom stereocenters. The number of halogens is 1. The second kappa shape index (κ2) is 10.3. The first-order chi connectivity index (χ1) is 17.8. The van der Waals surface area contributed by atoms with Crippen molar-refractivity contribution in [1.29, 1.82) is 0 Å². The van der Waals surface area contributed by atoms with Crippen molar-refractivity contribution in [2.45, 2.75) is 25.3 Å². The van der Waals surface area contributed by atoms with Gasteiger partial charge in [-0.1, -0.05) is 35.9 Å². The van der Waals surface area contributed by atoms with Gasteiger partial charge in [-0.15, -0.1) is 11.8 Å².